The average molecular weight is 293 g/mol. The number of nitrogens with one attached hydrogen (secondary N) is 1. The minimum absolute atomic E-state index is 0.0738. The van der Waals surface area contributed by atoms with Crippen molar-refractivity contribution < 1.29 is 13.2 Å². The van der Waals surface area contributed by atoms with E-state index in [1.54, 1.807) is 11.8 Å². The van der Waals surface area contributed by atoms with Gasteiger partial charge in [-0.15, -0.1) is 10.2 Å². The van der Waals surface area contributed by atoms with Crippen LogP contribution in [0.2, 0.25) is 0 Å². The van der Waals surface area contributed by atoms with E-state index in [1.807, 2.05) is 6.26 Å². The predicted octanol–water partition coefficient (Wildman–Crippen LogP) is 3.83. The molecule has 0 saturated carbocycles. The molecule has 0 aromatic carbocycles. The molecule has 0 aliphatic rings. The first-order valence-electron chi connectivity index (χ1n) is 6.07. The Morgan fingerprint density at radius 3 is 2.16 bits per heavy atom. The number of hydrogen-bond acceptors (Lipinski definition) is 4. The van der Waals surface area contributed by atoms with E-state index >= 15 is 0 Å². The molecule has 0 amide bonds. The molecule has 0 saturated heterocycles. The molecule has 0 aliphatic heterocycles. The number of hydrogen-bond donors (Lipinski definition) is 1. The molecule has 0 spiro atoms. The van der Waals surface area contributed by atoms with Gasteiger partial charge in [0.15, 0.2) is 5.69 Å². The lowest BCUT2D eigenvalue weighted by Gasteiger charge is -2.29. The van der Waals surface area contributed by atoms with Crippen LogP contribution in [0.25, 0.3) is 0 Å². The summed E-state index contributed by atoms with van der Waals surface area (Å²) < 4.78 is 37.1. The summed E-state index contributed by atoms with van der Waals surface area (Å²) in [4.78, 5) is 0. The van der Waals surface area contributed by atoms with E-state index in [1.165, 1.54) is 6.07 Å². The molecule has 1 rings (SSSR count). The highest BCUT2D eigenvalue weighted by Crippen LogP contribution is 2.31. The third-order valence-electron chi connectivity index (χ3n) is 3.27. The van der Waals surface area contributed by atoms with E-state index in [2.05, 4.69) is 29.4 Å². The Morgan fingerprint density at radius 1 is 1.16 bits per heavy atom. The van der Waals surface area contributed by atoms with Gasteiger partial charge < -0.3 is 5.32 Å². The van der Waals surface area contributed by atoms with Gasteiger partial charge >= 0.3 is 6.18 Å². The molecule has 0 atom stereocenters. The number of alkyl halides is 3. The summed E-state index contributed by atoms with van der Waals surface area (Å²) in [7, 11) is 0. The van der Waals surface area contributed by atoms with E-state index in [9.17, 15) is 13.2 Å². The van der Waals surface area contributed by atoms with Crippen LogP contribution in [0.4, 0.5) is 19.0 Å². The van der Waals surface area contributed by atoms with Crippen LogP contribution in [-0.4, -0.2) is 27.7 Å². The zero-order valence-electron chi connectivity index (χ0n) is 11.2. The van der Waals surface area contributed by atoms with Crippen molar-refractivity contribution in [3.05, 3.63) is 17.8 Å². The number of thioether (sulfide) groups is 1. The highest BCUT2D eigenvalue weighted by atomic mass is 32.2. The molecule has 1 aromatic heterocycles. The van der Waals surface area contributed by atoms with Crippen molar-refractivity contribution >= 4 is 17.6 Å². The average Bonchev–Trinajstić information content (AvgIpc) is 2.40. The number of halogens is 3. The molecule has 19 heavy (non-hydrogen) atoms. The Balaban J connectivity index is 2.69. The molecule has 3 nitrogen and oxygen atoms in total. The highest BCUT2D eigenvalue weighted by molar-refractivity contribution is 8.00. The first-order valence-corrected chi connectivity index (χ1v) is 7.29. The predicted molar refractivity (Wildman–Crippen MR) is 72.4 cm³/mol. The fourth-order valence-electron chi connectivity index (χ4n) is 1.69. The summed E-state index contributed by atoms with van der Waals surface area (Å²) in [5, 5.41) is 9.80. The Hall–Kier alpha value is -0.980. The molecule has 0 radical (unpaired) electrons. The van der Waals surface area contributed by atoms with Crippen molar-refractivity contribution in [2.75, 3.05) is 18.1 Å². The maximum absolute atomic E-state index is 12.3. The fraction of sp³-hybridized carbons (Fsp3) is 0.667. The van der Waals surface area contributed by atoms with Crippen LogP contribution in [0, 0.1) is 0 Å². The second kappa shape index (κ2) is 6.45. The monoisotopic (exact) mass is 293 g/mol. The van der Waals surface area contributed by atoms with Crippen LogP contribution >= 0.6 is 11.8 Å². The van der Waals surface area contributed by atoms with Gasteiger partial charge in [-0.25, -0.2) is 0 Å². The summed E-state index contributed by atoms with van der Waals surface area (Å²) >= 11 is 1.75. The van der Waals surface area contributed by atoms with Crippen LogP contribution in [0.1, 0.15) is 32.4 Å². The van der Waals surface area contributed by atoms with Crippen LogP contribution in [-0.2, 0) is 6.18 Å². The van der Waals surface area contributed by atoms with E-state index in [0.717, 1.165) is 18.9 Å². The molecule has 1 heterocycles. The molecule has 7 heteroatoms. The van der Waals surface area contributed by atoms with E-state index in [0.29, 0.717) is 12.4 Å². The highest BCUT2D eigenvalue weighted by Gasteiger charge is 2.33. The quantitative estimate of drug-likeness (QED) is 0.865. The van der Waals surface area contributed by atoms with Crippen molar-refractivity contribution in [2.45, 2.75) is 37.6 Å². The first-order chi connectivity index (χ1) is 8.87. The number of rotatable bonds is 6. The van der Waals surface area contributed by atoms with E-state index < -0.39 is 11.9 Å². The molecule has 108 valence electrons. The second-order valence-electron chi connectivity index (χ2n) is 4.25. The maximum Gasteiger partial charge on any atom is 0.435 e. The molecule has 0 bridgehead atoms. The number of aromatic nitrogens is 2. The largest absolute Gasteiger partial charge is 0.435 e. The second-order valence-corrected chi connectivity index (χ2v) is 5.52. The normalized spacial score (nSPS) is 12.5. The number of nitrogens with zero attached hydrogens (tertiary/aromatic N) is 2. The zero-order chi connectivity index (χ0) is 14.5. The first kappa shape index (κ1) is 16.1. The summed E-state index contributed by atoms with van der Waals surface area (Å²) in [6.45, 7) is 4.85. The van der Waals surface area contributed by atoms with Gasteiger partial charge in [0, 0.05) is 11.3 Å². The van der Waals surface area contributed by atoms with Crippen molar-refractivity contribution in [1.29, 1.82) is 0 Å². The molecule has 1 N–H and O–H groups in total. The van der Waals surface area contributed by atoms with Crippen molar-refractivity contribution in [3.8, 4) is 0 Å². The van der Waals surface area contributed by atoms with Gasteiger partial charge in [-0.2, -0.15) is 24.9 Å². The molecule has 0 fully saturated rings. The lowest BCUT2D eigenvalue weighted by atomic mass is 10.0. The van der Waals surface area contributed by atoms with Gasteiger partial charge in [0.1, 0.15) is 5.82 Å². The molecular formula is C12H18F3N3S. The lowest BCUT2D eigenvalue weighted by Crippen LogP contribution is -2.32. The summed E-state index contributed by atoms with van der Waals surface area (Å²) in [5.41, 5.74) is -0.972. The lowest BCUT2D eigenvalue weighted by molar-refractivity contribution is -0.141. The van der Waals surface area contributed by atoms with Gasteiger partial charge in [-0.05, 0) is 31.2 Å². The maximum atomic E-state index is 12.3. The third kappa shape index (κ3) is 4.26. The number of anilines is 1. The smallest absolute Gasteiger partial charge is 0.367 e. The molecule has 0 aliphatic carbocycles. The zero-order valence-corrected chi connectivity index (χ0v) is 12.0. The minimum atomic E-state index is -4.44. The summed E-state index contributed by atoms with van der Waals surface area (Å²) in [6, 6.07) is 2.25. The van der Waals surface area contributed by atoms with Gasteiger partial charge in [-0.3, -0.25) is 0 Å². The Kier molecular flexibility index (Phi) is 5.46. The molecule has 0 unspecified atom stereocenters. The Labute approximate surface area is 115 Å². The topological polar surface area (TPSA) is 37.8 Å². The standard InChI is InChI=1S/C12H18F3N3S/c1-4-11(5-2,19-3)8-16-10-7-6-9(17-18-10)12(13,14)15/h6-7H,4-5,8H2,1-3H3,(H,16,18). The third-order valence-corrected chi connectivity index (χ3v) is 4.86. The van der Waals surface area contributed by atoms with Gasteiger partial charge in [0.05, 0.1) is 0 Å². The fourth-order valence-corrected chi connectivity index (χ4v) is 2.48. The van der Waals surface area contributed by atoms with E-state index in [4.69, 9.17) is 0 Å². The van der Waals surface area contributed by atoms with Gasteiger partial charge in [0.25, 0.3) is 0 Å². The Morgan fingerprint density at radius 2 is 1.79 bits per heavy atom. The van der Waals surface area contributed by atoms with Crippen LogP contribution < -0.4 is 5.32 Å². The van der Waals surface area contributed by atoms with Crippen molar-refractivity contribution in [1.82, 2.24) is 10.2 Å². The van der Waals surface area contributed by atoms with Crippen molar-refractivity contribution in [3.63, 3.8) is 0 Å². The summed E-state index contributed by atoms with van der Waals surface area (Å²) in [6.07, 6.45) is -0.452. The van der Waals surface area contributed by atoms with E-state index in [-0.39, 0.29) is 4.75 Å². The van der Waals surface area contributed by atoms with Gasteiger partial charge in [0.2, 0.25) is 0 Å². The molecular weight excluding hydrogens is 275 g/mol. The van der Waals surface area contributed by atoms with Gasteiger partial charge in [-0.1, -0.05) is 13.8 Å². The van der Waals surface area contributed by atoms with Crippen molar-refractivity contribution in [2.24, 2.45) is 0 Å². The minimum Gasteiger partial charge on any atom is -0.367 e. The van der Waals surface area contributed by atoms with Crippen LogP contribution in [0.15, 0.2) is 12.1 Å². The van der Waals surface area contributed by atoms with Crippen LogP contribution in [0.3, 0.4) is 0 Å². The SMILES string of the molecule is CCC(CC)(CNc1ccc(C(F)(F)F)nn1)SC. The molecule has 1 aromatic rings. The van der Waals surface area contributed by atoms with Crippen LogP contribution in [0.5, 0.6) is 0 Å². The Bertz CT molecular complexity index is 380. The summed E-state index contributed by atoms with van der Waals surface area (Å²) in [5.74, 6) is 0.369.